The Balaban J connectivity index is 1.34. The number of hydrogen-bond donors (Lipinski definition) is 1. The lowest BCUT2D eigenvalue weighted by Gasteiger charge is -2.37. The Kier molecular flexibility index (Phi) is 8.09. The van der Waals surface area contributed by atoms with Gasteiger partial charge in [-0.3, -0.25) is 19.3 Å². The van der Waals surface area contributed by atoms with Crippen LogP contribution in [0.15, 0.2) is 47.8 Å². The van der Waals surface area contributed by atoms with Crippen LogP contribution in [-0.2, 0) is 20.7 Å². The summed E-state index contributed by atoms with van der Waals surface area (Å²) in [5.41, 5.74) is 0.997. The molecule has 2 aliphatic rings. The molecule has 0 bridgehead atoms. The third-order valence-electron chi connectivity index (χ3n) is 6.04. The van der Waals surface area contributed by atoms with E-state index in [0.29, 0.717) is 70.3 Å². The van der Waals surface area contributed by atoms with Crippen LogP contribution in [0.4, 0.5) is 0 Å². The van der Waals surface area contributed by atoms with E-state index in [0.717, 1.165) is 5.56 Å². The zero-order valence-electron chi connectivity index (χ0n) is 18.7. The fourth-order valence-corrected chi connectivity index (χ4v) is 4.76. The van der Waals surface area contributed by atoms with E-state index in [-0.39, 0.29) is 17.7 Å². The average molecular weight is 471 g/mol. The van der Waals surface area contributed by atoms with Crippen molar-refractivity contribution in [2.24, 2.45) is 0 Å². The van der Waals surface area contributed by atoms with E-state index in [1.165, 1.54) is 11.3 Å². The van der Waals surface area contributed by atoms with Crippen LogP contribution in [0.5, 0.6) is 0 Å². The molecule has 0 saturated carbocycles. The molecule has 2 aromatic rings. The largest absolute Gasteiger partial charge is 0.378 e. The van der Waals surface area contributed by atoms with Crippen molar-refractivity contribution in [1.82, 2.24) is 20.0 Å². The Morgan fingerprint density at radius 3 is 2.30 bits per heavy atom. The van der Waals surface area contributed by atoms with E-state index in [1.807, 2.05) is 46.7 Å². The molecule has 0 spiro atoms. The van der Waals surface area contributed by atoms with Crippen molar-refractivity contribution in [1.29, 1.82) is 0 Å². The SMILES string of the molecule is O=C(NC(Cc1ccccc1)C(=O)N1CCN(CC(=O)N2CCOCC2)CC1)c1cccs1. The highest BCUT2D eigenvalue weighted by molar-refractivity contribution is 7.12. The standard InChI is InChI=1S/C24H30N4O4S/c29-22(27-12-14-32-15-13-27)18-26-8-10-28(11-9-26)24(31)20(17-19-5-2-1-3-6-19)25-23(30)21-7-4-16-33-21/h1-7,16,20H,8-15,17-18H2,(H,25,30). The van der Waals surface area contributed by atoms with Gasteiger partial charge in [0.15, 0.2) is 0 Å². The first-order valence-corrected chi connectivity index (χ1v) is 12.2. The van der Waals surface area contributed by atoms with Crippen molar-refractivity contribution in [2.45, 2.75) is 12.5 Å². The quantitative estimate of drug-likeness (QED) is 0.655. The van der Waals surface area contributed by atoms with Crippen molar-refractivity contribution in [3.63, 3.8) is 0 Å². The predicted octanol–water partition coefficient (Wildman–Crippen LogP) is 1.09. The van der Waals surface area contributed by atoms with Crippen LogP contribution in [0.2, 0.25) is 0 Å². The molecule has 1 unspecified atom stereocenters. The molecule has 176 valence electrons. The topological polar surface area (TPSA) is 82.2 Å². The highest BCUT2D eigenvalue weighted by Gasteiger charge is 2.30. The lowest BCUT2D eigenvalue weighted by Crippen LogP contribution is -2.56. The van der Waals surface area contributed by atoms with Gasteiger partial charge >= 0.3 is 0 Å². The number of thiophene rings is 1. The second kappa shape index (κ2) is 11.4. The van der Waals surface area contributed by atoms with Crippen LogP contribution < -0.4 is 5.32 Å². The molecule has 0 aliphatic carbocycles. The van der Waals surface area contributed by atoms with E-state index < -0.39 is 6.04 Å². The Morgan fingerprint density at radius 2 is 1.64 bits per heavy atom. The molecule has 9 heteroatoms. The number of amides is 3. The molecule has 2 aliphatic heterocycles. The second-order valence-corrected chi connectivity index (χ2v) is 9.24. The summed E-state index contributed by atoms with van der Waals surface area (Å²) < 4.78 is 5.32. The zero-order chi connectivity index (χ0) is 23.0. The molecular formula is C24H30N4O4S. The maximum atomic E-state index is 13.4. The lowest BCUT2D eigenvalue weighted by molar-refractivity contribution is -0.138. The Hall–Kier alpha value is -2.75. The highest BCUT2D eigenvalue weighted by atomic mass is 32.1. The van der Waals surface area contributed by atoms with Gasteiger partial charge in [-0.1, -0.05) is 36.4 Å². The molecular weight excluding hydrogens is 440 g/mol. The van der Waals surface area contributed by atoms with Crippen LogP contribution >= 0.6 is 11.3 Å². The number of morpholine rings is 1. The number of carbonyl (C=O) groups excluding carboxylic acids is 3. The molecule has 2 saturated heterocycles. The number of ether oxygens (including phenoxy) is 1. The van der Waals surface area contributed by atoms with Crippen molar-refractivity contribution < 1.29 is 19.1 Å². The minimum atomic E-state index is -0.636. The molecule has 1 N–H and O–H groups in total. The van der Waals surface area contributed by atoms with Crippen LogP contribution in [-0.4, -0.2) is 97.5 Å². The number of nitrogens with one attached hydrogen (secondary N) is 1. The minimum absolute atomic E-state index is 0.0806. The van der Waals surface area contributed by atoms with Crippen LogP contribution in [0.3, 0.4) is 0 Å². The number of benzene rings is 1. The van der Waals surface area contributed by atoms with Gasteiger partial charge in [0, 0.05) is 45.7 Å². The van der Waals surface area contributed by atoms with Gasteiger partial charge in [-0.05, 0) is 17.0 Å². The molecule has 3 amide bonds. The van der Waals surface area contributed by atoms with Crippen LogP contribution in [0.1, 0.15) is 15.2 Å². The lowest BCUT2D eigenvalue weighted by atomic mass is 10.0. The van der Waals surface area contributed by atoms with E-state index in [4.69, 9.17) is 4.74 Å². The predicted molar refractivity (Wildman–Crippen MR) is 126 cm³/mol. The zero-order valence-corrected chi connectivity index (χ0v) is 19.5. The molecule has 8 nitrogen and oxygen atoms in total. The van der Waals surface area contributed by atoms with Gasteiger partial charge in [0.05, 0.1) is 24.6 Å². The molecule has 1 atom stereocenters. The van der Waals surface area contributed by atoms with E-state index >= 15 is 0 Å². The molecule has 33 heavy (non-hydrogen) atoms. The summed E-state index contributed by atoms with van der Waals surface area (Å²) in [6.45, 7) is 5.18. The maximum absolute atomic E-state index is 13.4. The normalized spacial score (nSPS) is 18.1. The van der Waals surface area contributed by atoms with Crippen molar-refractivity contribution >= 4 is 29.1 Å². The van der Waals surface area contributed by atoms with Crippen molar-refractivity contribution in [3.05, 3.63) is 58.3 Å². The third-order valence-corrected chi connectivity index (χ3v) is 6.91. The summed E-state index contributed by atoms with van der Waals surface area (Å²) in [5, 5.41) is 4.79. The summed E-state index contributed by atoms with van der Waals surface area (Å²) in [4.78, 5) is 44.9. The molecule has 3 heterocycles. The molecule has 1 aromatic heterocycles. The first kappa shape index (κ1) is 23.4. The van der Waals surface area contributed by atoms with Crippen molar-refractivity contribution in [2.75, 3.05) is 59.0 Å². The van der Waals surface area contributed by atoms with Crippen molar-refractivity contribution in [3.8, 4) is 0 Å². The molecule has 1 aromatic carbocycles. The highest BCUT2D eigenvalue weighted by Crippen LogP contribution is 2.13. The summed E-state index contributed by atoms with van der Waals surface area (Å²) in [6.07, 6.45) is 0.437. The number of carbonyl (C=O) groups is 3. The molecule has 0 radical (unpaired) electrons. The van der Waals surface area contributed by atoms with Crippen LogP contribution in [0, 0.1) is 0 Å². The first-order chi connectivity index (χ1) is 16.1. The smallest absolute Gasteiger partial charge is 0.262 e. The van der Waals surface area contributed by atoms with Gasteiger partial charge in [-0.2, -0.15) is 0 Å². The third kappa shape index (κ3) is 6.40. The maximum Gasteiger partial charge on any atom is 0.262 e. The Bertz CT molecular complexity index is 923. The van der Waals surface area contributed by atoms with Gasteiger partial charge in [0.1, 0.15) is 6.04 Å². The summed E-state index contributed by atoms with van der Waals surface area (Å²) in [6, 6.07) is 12.7. The van der Waals surface area contributed by atoms with Gasteiger partial charge in [0.2, 0.25) is 11.8 Å². The van der Waals surface area contributed by atoms with Gasteiger partial charge in [0.25, 0.3) is 5.91 Å². The Morgan fingerprint density at radius 1 is 0.909 bits per heavy atom. The number of hydrogen-bond acceptors (Lipinski definition) is 6. The summed E-state index contributed by atoms with van der Waals surface area (Å²) >= 11 is 1.36. The van der Waals surface area contributed by atoms with Gasteiger partial charge < -0.3 is 19.9 Å². The fraction of sp³-hybridized carbons (Fsp3) is 0.458. The van der Waals surface area contributed by atoms with Crippen LogP contribution in [0.25, 0.3) is 0 Å². The Labute approximate surface area is 198 Å². The molecule has 4 rings (SSSR count). The van der Waals surface area contributed by atoms with E-state index in [1.54, 1.807) is 11.0 Å². The number of piperazine rings is 1. The van der Waals surface area contributed by atoms with Gasteiger partial charge in [-0.25, -0.2) is 0 Å². The second-order valence-electron chi connectivity index (χ2n) is 8.29. The monoisotopic (exact) mass is 470 g/mol. The summed E-state index contributed by atoms with van der Waals surface area (Å²) in [5.74, 6) is -0.194. The van der Waals surface area contributed by atoms with E-state index in [2.05, 4.69) is 10.2 Å². The van der Waals surface area contributed by atoms with Gasteiger partial charge in [-0.15, -0.1) is 11.3 Å². The first-order valence-electron chi connectivity index (χ1n) is 11.3. The number of nitrogens with zero attached hydrogens (tertiary/aromatic N) is 3. The fourth-order valence-electron chi connectivity index (χ4n) is 4.14. The average Bonchev–Trinajstić information content (AvgIpc) is 3.40. The summed E-state index contributed by atoms with van der Waals surface area (Å²) in [7, 11) is 0. The van der Waals surface area contributed by atoms with E-state index in [9.17, 15) is 14.4 Å². The number of rotatable bonds is 7. The minimum Gasteiger partial charge on any atom is -0.378 e. The molecule has 2 fully saturated rings.